The van der Waals surface area contributed by atoms with Gasteiger partial charge in [-0.2, -0.15) is 0 Å². The van der Waals surface area contributed by atoms with Gasteiger partial charge in [-0.25, -0.2) is 0 Å². The van der Waals surface area contributed by atoms with Crippen LogP contribution in [0.4, 0.5) is 0 Å². The minimum atomic E-state index is 0. The van der Waals surface area contributed by atoms with Crippen LogP contribution in [0.2, 0.25) is 0 Å². The molecule has 24 heavy (non-hydrogen) atoms. The van der Waals surface area contributed by atoms with Crippen molar-refractivity contribution in [1.29, 1.82) is 10.5 Å². The summed E-state index contributed by atoms with van der Waals surface area (Å²) in [6, 6.07) is 0. The van der Waals surface area contributed by atoms with E-state index in [4.69, 9.17) is 33.3 Å². The van der Waals surface area contributed by atoms with Crippen LogP contribution < -0.4 is 0 Å². The quantitative estimate of drug-likeness (QED) is 0.249. The Kier molecular flexibility index (Phi) is 117. The molecule has 0 heterocycles. The number of hydrogen-bond donors (Lipinski definition) is 0. The number of hydrogen-bond acceptors (Lipinski definition) is 4. The van der Waals surface area contributed by atoms with E-state index in [0.29, 0.717) is 0 Å². The van der Waals surface area contributed by atoms with Crippen molar-refractivity contribution in [1.82, 2.24) is 0 Å². The van der Waals surface area contributed by atoms with E-state index in [-0.39, 0.29) is 73.8 Å². The molecule has 0 spiro atoms. The van der Waals surface area contributed by atoms with Crippen LogP contribution in [0.1, 0.15) is 0 Å². The van der Waals surface area contributed by atoms with Crippen molar-refractivity contribution in [2.45, 2.75) is 0 Å². The molecule has 0 aromatic carbocycles. The van der Waals surface area contributed by atoms with Crippen LogP contribution in [0.3, 0.4) is 0 Å². The van der Waals surface area contributed by atoms with Crippen molar-refractivity contribution in [2.75, 3.05) is 65.1 Å². The molecule has 0 rings (SSSR count). The summed E-state index contributed by atoms with van der Waals surface area (Å²) in [5.74, 6) is 3.13. The molecule has 0 aromatic rings. The Balaban J connectivity index is -0.0000000237. The van der Waals surface area contributed by atoms with Gasteiger partial charge in [0.2, 0.25) is 0 Å². The van der Waals surface area contributed by atoms with E-state index in [0.717, 1.165) is 0 Å². The second kappa shape index (κ2) is 56.3. The Bertz CT molecular complexity index is 187. The minimum absolute atomic E-state index is 0. The van der Waals surface area contributed by atoms with Gasteiger partial charge in [0.1, 0.15) is 0 Å². The van der Waals surface area contributed by atoms with E-state index in [1.165, 1.54) is 0 Å². The van der Waals surface area contributed by atoms with E-state index in [1.54, 1.807) is 11.8 Å². The van der Waals surface area contributed by atoms with Crippen LogP contribution in [0.5, 0.6) is 0 Å². The first-order valence-corrected chi connectivity index (χ1v) is 17.2. The summed E-state index contributed by atoms with van der Waals surface area (Å²) in [5.41, 5.74) is 0. The molecule has 0 fully saturated rings. The summed E-state index contributed by atoms with van der Waals surface area (Å²) in [5, 5.41) is 12.5. The fraction of sp³-hybridized carbons (Fsp3) is 0.714. The summed E-state index contributed by atoms with van der Waals surface area (Å²) in [6.07, 6.45) is 0. The van der Waals surface area contributed by atoms with Gasteiger partial charge in [-0.05, 0) is 0 Å². The molecule has 0 aliphatic rings. The van der Waals surface area contributed by atoms with Gasteiger partial charge < -0.3 is 33.3 Å². The molecule has 0 saturated heterocycles. The van der Waals surface area contributed by atoms with E-state index in [9.17, 15) is 0 Å². The van der Waals surface area contributed by atoms with Crippen molar-refractivity contribution in [2.24, 2.45) is 0 Å². The zero-order valence-electron chi connectivity index (χ0n) is 15.9. The Hall–Kier alpha value is 1.42. The molecule has 0 aromatic heterocycles. The van der Waals surface area contributed by atoms with E-state index in [2.05, 4.69) is 66.9 Å². The normalized spacial score (nSPS) is 7.00. The van der Waals surface area contributed by atoms with Crippen molar-refractivity contribution < 1.29 is 51.7 Å². The van der Waals surface area contributed by atoms with Crippen molar-refractivity contribution >= 4 is 45.3 Å². The molecule has 0 N–H and O–H groups in total. The Morgan fingerprint density at radius 1 is 0.583 bits per heavy atom. The molecular weight excluding hydrogens is 742 g/mol. The van der Waals surface area contributed by atoms with Crippen LogP contribution in [0.25, 0.3) is 0 Å². The van der Waals surface area contributed by atoms with Gasteiger partial charge in [-0.15, -0.1) is 0 Å². The monoisotopic (exact) mass is 776 g/mol. The van der Waals surface area contributed by atoms with Crippen molar-refractivity contribution in [3.05, 3.63) is 13.1 Å². The maximum Gasteiger partial charge on any atom is 2.00 e. The number of rotatable bonds is 4. The largest absolute Gasteiger partial charge is 2.00 e. The van der Waals surface area contributed by atoms with Crippen molar-refractivity contribution in [3.63, 3.8) is 0 Å². The minimum Gasteiger partial charge on any atom is -0.545 e. The Morgan fingerprint density at radius 3 is 0.667 bits per heavy atom. The molecule has 0 amide bonds. The third-order valence-electron chi connectivity index (χ3n) is 1.41. The van der Waals surface area contributed by atoms with Crippen molar-refractivity contribution in [3.8, 4) is 0 Å². The molecule has 4 nitrogen and oxygen atoms in total. The molecule has 0 bridgehead atoms. The molecule has 0 unspecified atom stereocenters. The topological polar surface area (TPSA) is 81.7 Å². The van der Waals surface area contributed by atoms with Crippen LogP contribution in [0.15, 0.2) is 0 Å². The first-order chi connectivity index (χ1) is 10.3. The predicted molar refractivity (Wildman–Crippen MR) is 114 cm³/mol. The first kappa shape index (κ1) is 50.0. The van der Waals surface area contributed by atoms with E-state index in [1.807, 2.05) is 0 Å². The molecule has 0 aliphatic heterocycles. The fourth-order valence-electron chi connectivity index (χ4n) is 1.41. The van der Waals surface area contributed by atoms with Gasteiger partial charge in [-0.3, -0.25) is 13.6 Å². The van der Waals surface area contributed by atoms with Gasteiger partial charge in [0.25, 0.3) is 0 Å². The van der Waals surface area contributed by atoms with E-state index < -0.39 is 0 Å². The number of nitrogens with zero attached hydrogens (tertiary/aromatic N) is 2. The predicted octanol–water partition coefficient (Wildman–Crippen LogP) is 3.42. The van der Waals surface area contributed by atoms with Gasteiger partial charge in [-0.1, -0.05) is 0 Å². The van der Waals surface area contributed by atoms with Crippen LogP contribution in [0, 0.1) is 23.7 Å². The second-order valence-electron chi connectivity index (χ2n) is 5.18. The summed E-state index contributed by atoms with van der Waals surface area (Å²) in [6.45, 7) is 35.1. The second-order valence-corrected chi connectivity index (χ2v) is 17.7. The maximum absolute atomic E-state index is 7.75. The fourth-order valence-corrected chi connectivity index (χ4v) is 12.7. The summed E-state index contributed by atoms with van der Waals surface area (Å²) >= 11 is 0. The molecule has 0 saturated carbocycles. The molecule has 0 aliphatic carbocycles. The third-order valence-corrected chi connectivity index (χ3v) is 12.7. The zero-order valence-corrected chi connectivity index (χ0v) is 24.5. The molecule has 10 heteroatoms. The van der Waals surface area contributed by atoms with Gasteiger partial charge in [0, 0.05) is 106 Å². The molecule has 0 atom stereocenters. The Labute approximate surface area is 184 Å². The third kappa shape index (κ3) is 133. The number of carbonyl (C=O) groups excluding carboxylic acids is 2. The SMILES string of the molecule is C[PH+](C)C[PH+](C)C.C[PH+](C)C[PH+](C)C.[C-]#N.[C-]#N.[CH-]=O.[CH-]=O.[Pt+2].[Pt]. The van der Waals surface area contributed by atoms with Gasteiger partial charge in [0.05, 0.1) is 0 Å². The molecular formula is C14H34N2O2P4Pt2+2. The van der Waals surface area contributed by atoms with Crippen LogP contribution >= 0.6 is 31.7 Å². The first-order valence-electron chi connectivity index (χ1n) is 6.33. The summed E-state index contributed by atoms with van der Waals surface area (Å²) in [4.78, 5) is 15.5. The molecule has 0 radical (unpaired) electrons. The summed E-state index contributed by atoms with van der Waals surface area (Å²) < 4.78 is 0. The van der Waals surface area contributed by atoms with Crippen LogP contribution in [-0.2, 0) is 51.7 Å². The maximum atomic E-state index is 7.75. The standard InChI is InChI=1S/2C5H14P2.2CN.2CHO.2Pt/c2*1-6(2)5-7(3)4;4*1-2;;/h2*5H2,1-4H3;;;2*1H;;/q;;4*-1;;+2/p+4. The van der Waals surface area contributed by atoms with Crippen LogP contribution in [-0.4, -0.2) is 78.7 Å². The van der Waals surface area contributed by atoms with E-state index >= 15 is 0 Å². The molecule has 150 valence electrons. The summed E-state index contributed by atoms with van der Waals surface area (Å²) in [7, 11) is 0.444. The van der Waals surface area contributed by atoms with Gasteiger partial charge in [0.15, 0.2) is 11.8 Å². The van der Waals surface area contributed by atoms with Gasteiger partial charge >= 0.3 is 21.1 Å². The average Bonchev–Trinajstić information content (AvgIpc) is 2.45. The Morgan fingerprint density at radius 2 is 0.667 bits per heavy atom. The zero-order chi connectivity index (χ0) is 19.7. The smallest absolute Gasteiger partial charge is 0.545 e. The average molecular weight is 776 g/mol.